The minimum atomic E-state index is 0.808. The van der Waals surface area contributed by atoms with E-state index in [1.165, 1.54) is 30.4 Å². The second kappa shape index (κ2) is 9.79. The molecule has 0 aromatic heterocycles. The Balaban J connectivity index is 1.71. The smallest absolute Gasteiger partial charge is 0.119 e. The van der Waals surface area contributed by atoms with Crippen LogP contribution < -0.4 is 8.27 Å². The summed E-state index contributed by atoms with van der Waals surface area (Å²) >= 11 is 2.20. The first-order chi connectivity index (χ1) is 10.4. The lowest BCUT2D eigenvalue weighted by Gasteiger charge is -2.07. The Kier molecular flexibility index (Phi) is 7.60. The van der Waals surface area contributed by atoms with E-state index in [1.54, 1.807) is 0 Å². The van der Waals surface area contributed by atoms with Crippen LogP contribution in [0.15, 0.2) is 54.6 Å². The summed E-state index contributed by atoms with van der Waals surface area (Å²) in [4.78, 5) is 0. The van der Waals surface area contributed by atoms with Gasteiger partial charge in [0, 0.05) is 29.4 Å². The number of hydrogen-bond donors (Lipinski definition) is 1. The minimum absolute atomic E-state index is 0.808. The van der Waals surface area contributed by atoms with Crippen molar-refractivity contribution in [1.29, 1.82) is 0 Å². The van der Waals surface area contributed by atoms with E-state index in [0.29, 0.717) is 0 Å². The lowest BCUT2D eigenvalue weighted by Crippen LogP contribution is -2.01. The highest BCUT2D eigenvalue weighted by atomic mass is 127. The Bertz CT molecular complexity index is 498. The summed E-state index contributed by atoms with van der Waals surface area (Å²) in [6.45, 7) is 1.91. The summed E-state index contributed by atoms with van der Waals surface area (Å²) in [5, 5.41) is 0. The van der Waals surface area contributed by atoms with E-state index in [4.69, 9.17) is 4.74 Å². The topological polar surface area (TPSA) is 21.3 Å². The molecule has 0 bridgehead atoms. The zero-order chi connectivity index (χ0) is 14.8. The zero-order valence-corrected chi connectivity index (χ0v) is 14.4. The van der Waals surface area contributed by atoms with Crippen LogP contribution in [0.25, 0.3) is 11.1 Å². The summed E-state index contributed by atoms with van der Waals surface area (Å²) < 4.78 is 8.93. The summed E-state index contributed by atoms with van der Waals surface area (Å²) in [6, 6.07) is 18.8. The first kappa shape index (κ1) is 16.3. The molecule has 0 aliphatic carbocycles. The first-order valence-corrected chi connectivity index (χ1v) is 8.60. The van der Waals surface area contributed by atoms with Gasteiger partial charge >= 0.3 is 0 Å². The van der Waals surface area contributed by atoms with Gasteiger partial charge in [0.2, 0.25) is 0 Å². The Hall–Kier alpha value is -1.07. The molecule has 0 radical (unpaired) electrons. The predicted molar refractivity (Wildman–Crippen MR) is 97.9 cm³/mol. The highest BCUT2D eigenvalue weighted by Gasteiger charge is 1.98. The van der Waals surface area contributed by atoms with Crippen LogP contribution in [0.1, 0.15) is 25.7 Å². The van der Waals surface area contributed by atoms with E-state index in [9.17, 15) is 0 Å². The van der Waals surface area contributed by atoms with Crippen molar-refractivity contribution in [3.05, 3.63) is 54.6 Å². The van der Waals surface area contributed by atoms with Gasteiger partial charge in [0.15, 0.2) is 0 Å². The Morgan fingerprint density at radius 2 is 1.43 bits per heavy atom. The summed E-state index contributed by atoms with van der Waals surface area (Å²) in [6.07, 6.45) is 4.88. The van der Waals surface area contributed by atoms with E-state index in [0.717, 1.165) is 25.3 Å². The standard InChI is InChI=1S/C18H22INO/c19-20-14-6-1-2-7-15-21-18-12-10-17(11-13-18)16-8-4-3-5-9-16/h3-5,8-13,20H,1-2,6-7,14-15H2. The van der Waals surface area contributed by atoms with Crippen molar-refractivity contribution in [2.75, 3.05) is 13.2 Å². The summed E-state index contributed by atoms with van der Waals surface area (Å²) in [5.41, 5.74) is 2.47. The number of rotatable bonds is 9. The molecule has 2 rings (SSSR count). The van der Waals surface area contributed by atoms with Crippen LogP contribution in [0.4, 0.5) is 0 Å². The Morgan fingerprint density at radius 3 is 2.14 bits per heavy atom. The molecule has 0 saturated carbocycles. The van der Waals surface area contributed by atoms with Gasteiger partial charge in [-0.3, -0.25) is 3.53 Å². The van der Waals surface area contributed by atoms with Crippen LogP contribution in [0.3, 0.4) is 0 Å². The van der Waals surface area contributed by atoms with Gasteiger partial charge in [-0.25, -0.2) is 0 Å². The average molecular weight is 395 g/mol. The maximum absolute atomic E-state index is 5.79. The van der Waals surface area contributed by atoms with E-state index < -0.39 is 0 Å². The third-order valence-corrected chi connectivity index (χ3v) is 3.94. The van der Waals surface area contributed by atoms with Gasteiger partial charge in [-0.15, -0.1) is 0 Å². The SMILES string of the molecule is INCCCCCCOc1ccc(-c2ccccc2)cc1. The van der Waals surface area contributed by atoms with Gasteiger partial charge in [-0.2, -0.15) is 0 Å². The van der Waals surface area contributed by atoms with Crippen molar-refractivity contribution in [2.24, 2.45) is 0 Å². The van der Waals surface area contributed by atoms with Crippen LogP contribution in [0.2, 0.25) is 0 Å². The minimum Gasteiger partial charge on any atom is -0.494 e. The second-order valence-electron chi connectivity index (χ2n) is 5.04. The normalized spacial score (nSPS) is 10.5. The van der Waals surface area contributed by atoms with E-state index in [2.05, 4.69) is 74.9 Å². The molecule has 2 aromatic rings. The van der Waals surface area contributed by atoms with Crippen LogP contribution in [-0.4, -0.2) is 13.2 Å². The maximum atomic E-state index is 5.79. The molecule has 0 spiro atoms. The number of hydrogen-bond acceptors (Lipinski definition) is 2. The van der Waals surface area contributed by atoms with Crippen molar-refractivity contribution in [3.8, 4) is 16.9 Å². The molecule has 0 heterocycles. The molecule has 2 aromatic carbocycles. The van der Waals surface area contributed by atoms with Crippen molar-refractivity contribution in [3.63, 3.8) is 0 Å². The molecule has 0 saturated heterocycles. The molecule has 2 nitrogen and oxygen atoms in total. The highest BCUT2D eigenvalue weighted by Crippen LogP contribution is 2.22. The molecular formula is C18H22INO. The van der Waals surface area contributed by atoms with Crippen molar-refractivity contribution < 1.29 is 4.74 Å². The molecule has 21 heavy (non-hydrogen) atoms. The maximum Gasteiger partial charge on any atom is 0.119 e. The average Bonchev–Trinajstić information content (AvgIpc) is 2.55. The van der Waals surface area contributed by atoms with Crippen molar-refractivity contribution in [1.82, 2.24) is 3.53 Å². The van der Waals surface area contributed by atoms with E-state index >= 15 is 0 Å². The fraction of sp³-hybridized carbons (Fsp3) is 0.333. The third kappa shape index (κ3) is 6.06. The van der Waals surface area contributed by atoms with Crippen LogP contribution in [-0.2, 0) is 0 Å². The van der Waals surface area contributed by atoms with Crippen molar-refractivity contribution in [2.45, 2.75) is 25.7 Å². The molecule has 0 fully saturated rings. The molecule has 112 valence electrons. The second-order valence-corrected chi connectivity index (χ2v) is 5.80. The number of halogens is 1. The quantitative estimate of drug-likeness (QED) is 0.357. The number of nitrogens with one attached hydrogen (secondary N) is 1. The predicted octanol–water partition coefficient (Wildman–Crippen LogP) is 5.23. The molecule has 1 N–H and O–H groups in total. The monoisotopic (exact) mass is 395 g/mol. The molecule has 0 aliphatic rings. The highest BCUT2D eigenvalue weighted by molar-refractivity contribution is 14.1. The fourth-order valence-electron chi connectivity index (χ4n) is 2.21. The van der Waals surface area contributed by atoms with Gasteiger partial charge in [0.1, 0.15) is 5.75 Å². The van der Waals surface area contributed by atoms with E-state index in [-0.39, 0.29) is 0 Å². The first-order valence-electron chi connectivity index (χ1n) is 7.52. The summed E-state index contributed by atoms with van der Waals surface area (Å²) in [5.74, 6) is 0.962. The van der Waals surface area contributed by atoms with Crippen LogP contribution in [0.5, 0.6) is 5.75 Å². The number of benzene rings is 2. The van der Waals surface area contributed by atoms with Gasteiger partial charge in [-0.05, 0) is 36.1 Å². The number of unbranched alkanes of at least 4 members (excludes halogenated alkanes) is 3. The molecular weight excluding hydrogens is 373 g/mol. The Labute approximate surface area is 141 Å². The lowest BCUT2D eigenvalue weighted by atomic mass is 10.1. The molecule has 0 amide bonds. The molecule has 0 unspecified atom stereocenters. The lowest BCUT2D eigenvalue weighted by molar-refractivity contribution is 0.305. The van der Waals surface area contributed by atoms with Crippen LogP contribution >= 0.6 is 22.9 Å². The largest absolute Gasteiger partial charge is 0.494 e. The zero-order valence-electron chi connectivity index (χ0n) is 12.2. The van der Waals surface area contributed by atoms with Crippen LogP contribution in [0, 0.1) is 0 Å². The number of ether oxygens (including phenoxy) is 1. The van der Waals surface area contributed by atoms with E-state index in [1.807, 2.05) is 6.07 Å². The molecule has 0 aliphatic heterocycles. The fourth-order valence-corrected chi connectivity index (χ4v) is 2.59. The summed E-state index contributed by atoms with van der Waals surface area (Å²) in [7, 11) is 0. The Morgan fingerprint density at radius 1 is 0.762 bits per heavy atom. The van der Waals surface area contributed by atoms with Gasteiger partial charge < -0.3 is 4.74 Å². The molecule has 3 heteroatoms. The van der Waals surface area contributed by atoms with Gasteiger partial charge in [0.25, 0.3) is 0 Å². The molecule has 0 atom stereocenters. The van der Waals surface area contributed by atoms with Gasteiger partial charge in [0.05, 0.1) is 6.61 Å². The third-order valence-electron chi connectivity index (χ3n) is 3.40. The van der Waals surface area contributed by atoms with Crippen molar-refractivity contribution >= 4 is 22.9 Å². The van der Waals surface area contributed by atoms with Gasteiger partial charge in [-0.1, -0.05) is 55.3 Å².